The number of nitrogens with one attached hydrogen (secondary N) is 1. The Morgan fingerprint density at radius 2 is 2.11 bits per heavy atom. The zero-order valence-corrected chi connectivity index (χ0v) is 11.2. The van der Waals surface area contributed by atoms with Crippen molar-refractivity contribution in [3.05, 3.63) is 30.5 Å². The van der Waals surface area contributed by atoms with E-state index in [1.807, 2.05) is 0 Å². The Morgan fingerprint density at radius 3 is 2.79 bits per heavy atom. The zero-order valence-electron chi connectivity index (χ0n) is 10.4. The van der Waals surface area contributed by atoms with E-state index in [1.54, 1.807) is 25.1 Å². The largest absolute Gasteiger partial charge is 0.493 e. The Kier molecular flexibility index (Phi) is 3.70. The number of hydrogen-bond donors (Lipinski definition) is 3. The highest BCUT2D eigenvalue weighted by atomic mass is 32.2. The molecule has 0 aliphatic carbocycles. The first-order valence-corrected chi connectivity index (χ1v) is 7.23. The molecule has 1 unspecified atom stereocenters. The van der Waals surface area contributed by atoms with Crippen LogP contribution in [-0.4, -0.2) is 31.1 Å². The lowest BCUT2D eigenvalue weighted by molar-refractivity contribution is 0.460. The molecule has 6 nitrogen and oxygen atoms in total. The van der Waals surface area contributed by atoms with E-state index in [-0.39, 0.29) is 23.4 Å². The first-order chi connectivity index (χ1) is 8.95. The molecule has 0 fully saturated rings. The lowest BCUT2D eigenvalue weighted by atomic mass is 10.2. The molecule has 0 aliphatic rings. The van der Waals surface area contributed by atoms with Crippen molar-refractivity contribution in [2.75, 3.05) is 6.54 Å². The summed E-state index contributed by atoms with van der Waals surface area (Å²) in [5, 5.41) is 10.5. The van der Waals surface area contributed by atoms with Gasteiger partial charge >= 0.3 is 0 Å². The van der Waals surface area contributed by atoms with Crippen LogP contribution in [0, 0.1) is 0 Å². The number of hydrogen-bond acceptors (Lipinski definition) is 5. The van der Waals surface area contributed by atoms with E-state index in [0.717, 1.165) is 0 Å². The highest BCUT2D eigenvalue weighted by Gasteiger charge is 2.20. The third-order valence-electron chi connectivity index (χ3n) is 2.74. The Balaban J connectivity index is 2.60. The molecule has 1 atom stereocenters. The quantitative estimate of drug-likeness (QED) is 0.759. The first-order valence-electron chi connectivity index (χ1n) is 5.75. The van der Waals surface area contributed by atoms with Crippen LogP contribution in [0.25, 0.3) is 10.8 Å². The minimum Gasteiger partial charge on any atom is -0.493 e. The van der Waals surface area contributed by atoms with Gasteiger partial charge in [-0.2, -0.15) is 0 Å². The standard InChI is InChI=1S/C12H15N3O3S/c1-8(7-13)15-19(17,18)11-4-2-3-10-9(11)5-6-14-12(10)16/h2-6,8,15H,7,13H2,1H3,(H,14,16). The summed E-state index contributed by atoms with van der Waals surface area (Å²) in [6.07, 6.45) is 1.36. The van der Waals surface area contributed by atoms with Crippen molar-refractivity contribution in [1.82, 2.24) is 9.71 Å². The second kappa shape index (κ2) is 5.12. The maximum absolute atomic E-state index is 12.3. The number of aromatic hydroxyl groups is 1. The second-order valence-corrected chi connectivity index (χ2v) is 5.93. The maximum Gasteiger partial charge on any atom is 0.241 e. The summed E-state index contributed by atoms with van der Waals surface area (Å²) in [6, 6.07) is 5.84. The Hall–Kier alpha value is -1.70. The normalized spacial score (nSPS) is 13.6. The number of nitrogens with two attached hydrogens (primary N) is 1. The summed E-state index contributed by atoms with van der Waals surface area (Å²) in [5.74, 6) is -0.193. The highest BCUT2D eigenvalue weighted by molar-refractivity contribution is 7.89. The fraction of sp³-hybridized carbons (Fsp3) is 0.250. The van der Waals surface area contributed by atoms with Crippen LogP contribution in [0.2, 0.25) is 0 Å². The van der Waals surface area contributed by atoms with Gasteiger partial charge in [0.1, 0.15) is 0 Å². The van der Waals surface area contributed by atoms with Crippen LogP contribution in [0.1, 0.15) is 6.92 Å². The van der Waals surface area contributed by atoms with Gasteiger partial charge in [0.15, 0.2) is 0 Å². The molecule has 0 aliphatic heterocycles. The zero-order chi connectivity index (χ0) is 14.0. The van der Waals surface area contributed by atoms with Crippen LogP contribution in [0.3, 0.4) is 0 Å². The number of sulfonamides is 1. The molecule has 7 heteroatoms. The predicted octanol–water partition coefficient (Wildman–Crippen LogP) is 0.566. The summed E-state index contributed by atoms with van der Waals surface area (Å²) < 4.78 is 27.0. The Bertz CT molecular complexity index is 700. The van der Waals surface area contributed by atoms with Gasteiger partial charge in [0.25, 0.3) is 0 Å². The van der Waals surface area contributed by atoms with Gasteiger partial charge in [0.2, 0.25) is 15.9 Å². The summed E-state index contributed by atoms with van der Waals surface area (Å²) in [6.45, 7) is 1.89. The third-order valence-corrected chi connectivity index (χ3v) is 4.39. The molecule has 1 heterocycles. The van der Waals surface area contributed by atoms with Gasteiger partial charge < -0.3 is 10.8 Å². The SMILES string of the molecule is CC(CN)NS(=O)(=O)c1cccc2c(O)nccc12. The number of nitrogens with zero attached hydrogens (tertiary/aromatic N) is 1. The van der Waals surface area contributed by atoms with Crippen molar-refractivity contribution >= 4 is 20.8 Å². The molecule has 2 aromatic rings. The number of benzene rings is 1. The summed E-state index contributed by atoms with van der Waals surface area (Å²) in [7, 11) is -3.68. The van der Waals surface area contributed by atoms with Crippen molar-refractivity contribution < 1.29 is 13.5 Å². The van der Waals surface area contributed by atoms with E-state index < -0.39 is 10.0 Å². The Morgan fingerprint density at radius 1 is 1.37 bits per heavy atom. The first kappa shape index (κ1) is 13.7. The van der Waals surface area contributed by atoms with Crippen molar-refractivity contribution in [3.63, 3.8) is 0 Å². The summed E-state index contributed by atoms with van der Waals surface area (Å²) >= 11 is 0. The molecular formula is C12H15N3O3S. The summed E-state index contributed by atoms with van der Waals surface area (Å²) in [4.78, 5) is 3.83. The van der Waals surface area contributed by atoms with Gasteiger partial charge in [-0.15, -0.1) is 0 Å². The molecule has 102 valence electrons. The maximum atomic E-state index is 12.3. The van der Waals surface area contributed by atoms with Crippen LogP contribution < -0.4 is 10.5 Å². The highest BCUT2D eigenvalue weighted by Crippen LogP contribution is 2.27. The van der Waals surface area contributed by atoms with Crippen LogP contribution >= 0.6 is 0 Å². The average molecular weight is 281 g/mol. The Labute approximate surface area is 111 Å². The second-order valence-electron chi connectivity index (χ2n) is 4.24. The van der Waals surface area contributed by atoms with Crippen molar-refractivity contribution in [2.45, 2.75) is 17.9 Å². The van der Waals surface area contributed by atoms with Gasteiger partial charge in [0, 0.05) is 29.6 Å². The van der Waals surface area contributed by atoms with Crippen LogP contribution in [0.15, 0.2) is 35.4 Å². The van der Waals surface area contributed by atoms with Crippen molar-refractivity contribution in [2.24, 2.45) is 5.73 Å². The van der Waals surface area contributed by atoms with Crippen LogP contribution in [0.5, 0.6) is 5.88 Å². The minimum atomic E-state index is -3.68. The lowest BCUT2D eigenvalue weighted by Crippen LogP contribution is -2.37. The molecule has 0 spiro atoms. The molecule has 0 saturated carbocycles. The van der Waals surface area contributed by atoms with Crippen LogP contribution in [0.4, 0.5) is 0 Å². The summed E-state index contributed by atoms with van der Waals surface area (Å²) in [5.41, 5.74) is 5.42. The number of rotatable bonds is 4. The number of fused-ring (bicyclic) bond motifs is 1. The fourth-order valence-corrected chi connectivity index (χ4v) is 3.25. The molecule has 0 bridgehead atoms. The lowest BCUT2D eigenvalue weighted by Gasteiger charge is -2.13. The molecule has 2 rings (SSSR count). The van der Waals surface area contributed by atoms with E-state index in [9.17, 15) is 13.5 Å². The average Bonchev–Trinajstić information content (AvgIpc) is 2.38. The fourth-order valence-electron chi connectivity index (χ4n) is 1.77. The number of aromatic nitrogens is 1. The van der Waals surface area contributed by atoms with Gasteiger partial charge in [-0.05, 0) is 25.1 Å². The van der Waals surface area contributed by atoms with Gasteiger partial charge in [-0.3, -0.25) is 0 Å². The van der Waals surface area contributed by atoms with Gasteiger partial charge in [0.05, 0.1) is 4.90 Å². The van der Waals surface area contributed by atoms with Gasteiger partial charge in [-0.25, -0.2) is 18.1 Å². The monoisotopic (exact) mass is 281 g/mol. The topological polar surface area (TPSA) is 105 Å². The molecule has 19 heavy (non-hydrogen) atoms. The molecule has 4 N–H and O–H groups in total. The van der Waals surface area contributed by atoms with E-state index in [4.69, 9.17) is 5.73 Å². The molecule has 0 radical (unpaired) electrons. The molecule has 1 aromatic carbocycles. The minimum absolute atomic E-state index is 0.100. The van der Waals surface area contributed by atoms with Crippen LogP contribution in [-0.2, 0) is 10.0 Å². The smallest absolute Gasteiger partial charge is 0.241 e. The molecule has 1 aromatic heterocycles. The van der Waals surface area contributed by atoms with Crippen molar-refractivity contribution in [3.8, 4) is 5.88 Å². The van der Waals surface area contributed by atoms with E-state index in [1.165, 1.54) is 12.3 Å². The molecule has 0 amide bonds. The van der Waals surface area contributed by atoms with E-state index >= 15 is 0 Å². The predicted molar refractivity (Wildman–Crippen MR) is 72.2 cm³/mol. The van der Waals surface area contributed by atoms with E-state index in [0.29, 0.717) is 10.8 Å². The van der Waals surface area contributed by atoms with Gasteiger partial charge in [-0.1, -0.05) is 6.07 Å². The number of pyridine rings is 1. The molecular weight excluding hydrogens is 266 g/mol. The molecule has 0 saturated heterocycles. The van der Waals surface area contributed by atoms with E-state index in [2.05, 4.69) is 9.71 Å². The van der Waals surface area contributed by atoms with Crippen molar-refractivity contribution in [1.29, 1.82) is 0 Å². The third kappa shape index (κ3) is 2.67.